The first-order valence-electron chi connectivity index (χ1n) is 14.2. The molecule has 10 heteroatoms. The number of aliphatic imine (C=N–C) groups is 1. The Morgan fingerprint density at radius 1 is 0.976 bits per heavy atom. The Morgan fingerprint density at radius 2 is 1.67 bits per heavy atom. The summed E-state index contributed by atoms with van der Waals surface area (Å²) in [5.41, 5.74) is 3.42. The van der Waals surface area contributed by atoms with E-state index >= 15 is 0 Å². The van der Waals surface area contributed by atoms with Crippen LogP contribution in [0.15, 0.2) is 82.7 Å². The summed E-state index contributed by atoms with van der Waals surface area (Å²) in [6.45, 7) is 5.52. The normalized spacial score (nSPS) is 15.0. The summed E-state index contributed by atoms with van der Waals surface area (Å²) < 4.78 is 28.0. The number of carbonyl (C=O) groups is 1. The van der Waals surface area contributed by atoms with E-state index < -0.39 is 10.0 Å². The number of aromatic nitrogens is 1. The maximum Gasteiger partial charge on any atom is 0.253 e. The van der Waals surface area contributed by atoms with Crippen molar-refractivity contribution >= 4 is 38.2 Å². The molecule has 0 bridgehead atoms. The summed E-state index contributed by atoms with van der Waals surface area (Å²) in [6.07, 6.45) is 1.65. The number of nitrogens with zero attached hydrogens (tertiary/aromatic N) is 4. The van der Waals surface area contributed by atoms with Crippen LogP contribution in [0.1, 0.15) is 41.3 Å². The van der Waals surface area contributed by atoms with Gasteiger partial charge in [-0.2, -0.15) is 0 Å². The van der Waals surface area contributed by atoms with Crippen molar-refractivity contribution in [3.05, 3.63) is 89.5 Å². The Labute approximate surface area is 247 Å². The summed E-state index contributed by atoms with van der Waals surface area (Å²) >= 11 is 0. The van der Waals surface area contributed by atoms with Crippen LogP contribution in [0.4, 0.5) is 5.69 Å². The lowest BCUT2D eigenvalue weighted by molar-refractivity contribution is 0.0664. The Balaban J connectivity index is 1.55. The average Bonchev–Trinajstić information content (AvgIpc) is 3.34. The molecule has 9 nitrogen and oxygen atoms in total. The van der Waals surface area contributed by atoms with Crippen molar-refractivity contribution in [2.45, 2.75) is 24.7 Å². The van der Waals surface area contributed by atoms with E-state index in [2.05, 4.69) is 16.9 Å². The van der Waals surface area contributed by atoms with Crippen LogP contribution in [0.5, 0.6) is 5.88 Å². The fourth-order valence-electron chi connectivity index (χ4n) is 5.10. The lowest BCUT2D eigenvalue weighted by Gasteiger charge is -2.32. The molecule has 0 atom stereocenters. The summed E-state index contributed by atoms with van der Waals surface area (Å²) in [5, 5.41) is 11.6. The standard InChI is InChI=1S/C32H37N5O4S/c1-4-5-17-36(3)42(40,41)26-15-16-28-27(22-26)29(31(38)34-28)30(23-9-7-6-8-10-23)33-25-13-11-24(12-14-25)32(39)37-20-18-35(2)19-21-37/h6-16,22,34,38H,4-5,17-21H2,1-3H3. The molecule has 1 saturated heterocycles. The number of H-pyrrole nitrogens is 1. The predicted molar refractivity (Wildman–Crippen MR) is 166 cm³/mol. The molecule has 2 N–H and O–H groups in total. The molecule has 42 heavy (non-hydrogen) atoms. The van der Waals surface area contributed by atoms with Crippen molar-refractivity contribution in [3.8, 4) is 5.88 Å². The van der Waals surface area contributed by atoms with Gasteiger partial charge < -0.3 is 19.9 Å². The van der Waals surface area contributed by atoms with Gasteiger partial charge in [0.1, 0.15) is 0 Å². The van der Waals surface area contributed by atoms with E-state index in [4.69, 9.17) is 4.99 Å². The predicted octanol–water partition coefficient (Wildman–Crippen LogP) is 4.85. The topological polar surface area (TPSA) is 109 Å². The van der Waals surface area contributed by atoms with E-state index in [1.165, 1.54) is 4.31 Å². The zero-order valence-corrected chi connectivity index (χ0v) is 25.1. The van der Waals surface area contributed by atoms with Gasteiger partial charge in [0, 0.05) is 61.8 Å². The Kier molecular flexibility index (Phi) is 8.77. The third-order valence-corrected chi connectivity index (χ3v) is 9.57. The van der Waals surface area contributed by atoms with Crippen LogP contribution in [-0.4, -0.2) is 91.1 Å². The second-order valence-electron chi connectivity index (χ2n) is 10.7. The van der Waals surface area contributed by atoms with Crippen LogP contribution in [-0.2, 0) is 10.0 Å². The second kappa shape index (κ2) is 12.5. The minimum atomic E-state index is -3.73. The lowest BCUT2D eigenvalue weighted by atomic mass is 10.0. The molecule has 3 aromatic carbocycles. The number of piperazine rings is 1. The van der Waals surface area contributed by atoms with Crippen LogP contribution in [0, 0.1) is 0 Å². The minimum absolute atomic E-state index is 0.00571. The zero-order valence-electron chi connectivity index (χ0n) is 24.2. The molecule has 1 aliphatic rings. The van der Waals surface area contributed by atoms with E-state index in [0.717, 1.165) is 31.5 Å². The first-order chi connectivity index (χ1) is 20.2. The van der Waals surface area contributed by atoms with Gasteiger partial charge in [-0.05, 0) is 55.9 Å². The SMILES string of the molecule is CCCCN(C)S(=O)(=O)c1ccc2[nH]c(O)c(C(=Nc3ccc(C(=O)N4CCN(C)CC4)cc3)c3ccccc3)c2c1. The third kappa shape index (κ3) is 6.11. The van der Waals surface area contributed by atoms with Gasteiger partial charge in [0.25, 0.3) is 5.91 Å². The number of hydrogen-bond donors (Lipinski definition) is 2. The molecule has 4 aromatic rings. The average molecular weight is 588 g/mol. The number of carbonyl (C=O) groups excluding carboxylic acids is 1. The molecule has 0 radical (unpaired) electrons. The maximum absolute atomic E-state index is 13.3. The van der Waals surface area contributed by atoms with Crippen molar-refractivity contribution in [1.29, 1.82) is 0 Å². The molecule has 220 valence electrons. The fourth-order valence-corrected chi connectivity index (χ4v) is 6.33. The lowest BCUT2D eigenvalue weighted by Crippen LogP contribution is -2.47. The first-order valence-corrected chi connectivity index (χ1v) is 15.7. The second-order valence-corrected chi connectivity index (χ2v) is 12.7. The van der Waals surface area contributed by atoms with Gasteiger partial charge in [-0.25, -0.2) is 17.7 Å². The summed E-state index contributed by atoms with van der Waals surface area (Å²) in [6, 6.07) is 21.4. The number of hydrogen-bond acceptors (Lipinski definition) is 6. The molecule has 0 saturated carbocycles. The van der Waals surface area contributed by atoms with Crippen molar-refractivity contribution in [3.63, 3.8) is 0 Å². The van der Waals surface area contributed by atoms with Crippen molar-refractivity contribution in [2.24, 2.45) is 4.99 Å². The fraction of sp³-hybridized carbons (Fsp3) is 0.312. The minimum Gasteiger partial charge on any atom is -0.494 e. The van der Waals surface area contributed by atoms with Crippen molar-refractivity contribution < 1.29 is 18.3 Å². The summed E-state index contributed by atoms with van der Waals surface area (Å²) in [5.74, 6) is -0.114. The molecular formula is C32H37N5O4S. The van der Waals surface area contributed by atoms with E-state index in [-0.39, 0.29) is 16.7 Å². The Bertz CT molecular complexity index is 1690. The Hall–Kier alpha value is -3.99. The summed E-state index contributed by atoms with van der Waals surface area (Å²) in [7, 11) is -0.0906. The number of aromatic amines is 1. The van der Waals surface area contributed by atoms with Gasteiger partial charge in [-0.1, -0.05) is 43.7 Å². The number of unbranched alkanes of at least 4 members (excludes halogenated alkanes) is 1. The van der Waals surface area contributed by atoms with Gasteiger partial charge in [0.05, 0.1) is 21.9 Å². The zero-order chi connectivity index (χ0) is 29.9. The van der Waals surface area contributed by atoms with E-state index in [1.54, 1.807) is 49.5 Å². The molecule has 2 heterocycles. The molecule has 0 unspecified atom stereocenters. The van der Waals surface area contributed by atoms with Crippen LogP contribution in [0.3, 0.4) is 0 Å². The van der Waals surface area contributed by atoms with E-state index in [9.17, 15) is 18.3 Å². The molecule has 5 rings (SSSR count). The van der Waals surface area contributed by atoms with Crippen LogP contribution in [0.25, 0.3) is 10.9 Å². The quantitative estimate of drug-likeness (QED) is 0.272. The number of nitrogens with one attached hydrogen (secondary N) is 1. The van der Waals surface area contributed by atoms with Gasteiger partial charge in [-0.3, -0.25) is 4.79 Å². The van der Waals surface area contributed by atoms with Gasteiger partial charge in [-0.15, -0.1) is 0 Å². The van der Waals surface area contributed by atoms with E-state index in [1.807, 2.05) is 42.2 Å². The van der Waals surface area contributed by atoms with Gasteiger partial charge in [0.2, 0.25) is 10.0 Å². The monoisotopic (exact) mass is 587 g/mol. The molecule has 1 amide bonds. The molecular weight excluding hydrogens is 550 g/mol. The number of fused-ring (bicyclic) bond motifs is 1. The molecule has 1 fully saturated rings. The number of sulfonamides is 1. The van der Waals surface area contributed by atoms with Crippen molar-refractivity contribution in [2.75, 3.05) is 46.8 Å². The molecule has 1 aromatic heterocycles. The number of aromatic hydroxyl groups is 1. The van der Waals surface area contributed by atoms with E-state index in [0.29, 0.717) is 53.1 Å². The number of rotatable bonds is 9. The number of amides is 1. The number of likely N-dealkylation sites (N-methyl/N-ethyl adjacent to an activating group) is 1. The van der Waals surface area contributed by atoms with Gasteiger partial charge >= 0.3 is 0 Å². The largest absolute Gasteiger partial charge is 0.494 e. The highest BCUT2D eigenvalue weighted by Gasteiger charge is 2.25. The van der Waals surface area contributed by atoms with Crippen LogP contribution in [0.2, 0.25) is 0 Å². The summed E-state index contributed by atoms with van der Waals surface area (Å²) in [4.78, 5) is 25.2. The van der Waals surface area contributed by atoms with Gasteiger partial charge in [0.15, 0.2) is 5.88 Å². The van der Waals surface area contributed by atoms with Crippen LogP contribution < -0.4 is 0 Å². The maximum atomic E-state index is 13.3. The molecule has 1 aliphatic heterocycles. The number of benzene rings is 3. The highest BCUT2D eigenvalue weighted by molar-refractivity contribution is 7.89. The van der Waals surface area contributed by atoms with Crippen LogP contribution >= 0.6 is 0 Å². The highest BCUT2D eigenvalue weighted by atomic mass is 32.2. The first kappa shape index (κ1) is 29.5. The van der Waals surface area contributed by atoms with Crippen molar-refractivity contribution in [1.82, 2.24) is 19.1 Å². The molecule has 0 aliphatic carbocycles. The Morgan fingerprint density at radius 3 is 2.33 bits per heavy atom. The molecule has 0 spiro atoms. The highest BCUT2D eigenvalue weighted by Crippen LogP contribution is 2.33. The smallest absolute Gasteiger partial charge is 0.253 e. The third-order valence-electron chi connectivity index (χ3n) is 7.71.